The van der Waals surface area contributed by atoms with E-state index in [2.05, 4.69) is 14.9 Å². The molecular weight excluding hydrogens is 328 g/mol. The zero-order valence-electron chi connectivity index (χ0n) is 13.7. The van der Waals surface area contributed by atoms with Gasteiger partial charge in [-0.05, 0) is 38.1 Å². The fourth-order valence-electron chi connectivity index (χ4n) is 2.74. The quantitative estimate of drug-likeness (QED) is 0.793. The number of carbonyl (C=O) groups is 1. The number of hydrogen-bond acceptors (Lipinski definition) is 5. The van der Waals surface area contributed by atoms with Crippen molar-refractivity contribution in [2.24, 2.45) is 0 Å². The van der Waals surface area contributed by atoms with Crippen LogP contribution in [-0.2, 0) is 14.8 Å². The molecule has 1 aliphatic heterocycles. The molecule has 0 aliphatic carbocycles. The summed E-state index contributed by atoms with van der Waals surface area (Å²) in [5.41, 5.74) is 0.972. The van der Waals surface area contributed by atoms with Crippen molar-refractivity contribution in [1.82, 2.24) is 9.62 Å². The number of sulfonamides is 1. The molecule has 2 N–H and O–H groups in total. The largest absolute Gasteiger partial charge is 0.325 e. The molecule has 0 saturated carbocycles. The standard InChI is InChI=1S/C16H22N4O3S/c1-24(22,23)19-14-6-9-20(10-7-14)11-8-16(21)18-15-5-3-2-4-13(15)12-17/h2-5,14,19H,6-11H2,1H3,(H,18,21). The summed E-state index contributed by atoms with van der Waals surface area (Å²) < 4.78 is 25.1. The predicted molar refractivity (Wildman–Crippen MR) is 91.8 cm³/mol. The Morgan fingerprint density at radius 1 is 1.33 bits per heavy atom. The molecule has 1 aromatic carbocycles. The van der Waals surface area contributed by atoms with E-state index in [1.807, 2.05) is 6.07 Å². The van der Waals surface area contributed by atoms with E-state index < -0.39 is 10.0 Å². The molecule has 7 nitrogen and oxygen atoms in total. The van der Waals surface area contributed by atoms with E-state index in [4.69, 9.17) is 5.26 Å². The molecule has 0 spiro atoms. The Bertz CT molecular complexity index is 719. The van der Waals surface area contributed by atoms with Gasteiger partial charge in [0, 0.05) is 19.0 Å². The van der Waals surface area contributed by atoms with Gasteiger partial charge in [0.25, 0.3) is 0 Å². The van der Waals surface area contributed by atoms with Crippen LogP contribution < -0.4 is 10.0 Å². The van der Waals surface area contributed by atoms with Crippen molar-refractivity contribution >= 4 is 21.6 Å². The molecule has 1 saturated heterocycles. The molecule has 1 amide bonds. The van der Waals surface area contributed by atoms with E-state index in [0.29, 0.717) is 24.2 Å². The lowest BCUT2D eigenvalue weighted by Crippen LogP contribution is -2.44. The van der Waals surface area contributed by atoms with Crippen LogP contribution in [0.3, 0.4) is 0 Å². The van der Waals surface area contributed by atoms with E-state index in [0.717, 1.165) is 25.9 Å². The zero-order valence-corrected chi connectivity index (χ0v) is 14.5. The summed E-state index contributed by atoms with van der Waals surface area (Å²) in [7, 11) is -3.17. The number of hydrogen-bond donors (Lipinski definition) is 2. The monoisotopic (exact) mass is 350 g/mol. The maximum absolute atomic E-state index is 12.0. The fourth-order valence-corrected chi connectivity index (χ4v) is 3.58. The molecule has 0 radical (unpaired) electrons. The summed E-state index contributed by atoms with van der Waals surface area (Å²) in [6.07, 6.45) is 2.99. The van der Waals surface area contributed by atoms with Crippen molar-refractivity contribution < 1.29 is 13.2 Å². The second kappa shape index (κ2) is 8.24. The second-order valence-corrected chi connectivity index (χ2v) is 7.74. The van der Waals surface area contributed by atoms with Gasteiger partial charge in [-0.3, -0.25) is 4.79 Å². The first-order chi connectivity index (χ1) is 11.4. The molecule has 1 heterocycles. The highest BCUT2D eigenvalue weighted by atomic mass is 32.2. The highest BCUT2D eigenvalue weighted by Crippen LogP contribution is 2.15. The Balaban J connectivity index is 1.74. The van der Waals surface area contributed by atoms with Gasteiger partial charge >= 0.3 is 0 Å². The Labute approximate surface area is 142 Å². The molecule has 130 valence electrons. The van der Waals surface area contributed by atoms with Gasteiger partial charge in [-0.1, -0.05) is 12.1 Å². The second-order valence-electron chi connectivity index (χ2n) is 5.96. The first-order valence-electron chi connectivity index (χ1n) is 7.86. The van der Waals surface area contributed by atoms with Gasteiger partial charge in [-0.15, -0.1) is 0 Å². The maximum Gasteiger partial charge on any atom is 0.225 e. The molecule has 0 atom stereocenters. The van der Waals surface area contributed by atoms with E-state index in [9.17, 15) is 13.2 Å². The SMILES string of the molecule is CS(=O)(=O)NC1CCN(CCC(=O)Nc2ccccc2C#N)CC1. The third-order valence-corrected chi connectivity index (χ3v) is 4.71. The molecule has 2 rings (SSSR count). The van der Waals surface area contributed by atoms with Crippen molar-refractivity contribution in [1.29, 1.82) is 5.26 Å². The molecule has 0 unspecified atom stereocenters. The normalized spacial score (nSPS) is 16.5. The average molecular weight is 350 g/mol. The molecule has 24 heavy (non-hydrogen) atoms. The minimum atomic E-state index is -3.17. The van der Waals surface area contributed by atoms with Crippen molar-refractivity contribution in [3.05, 3.63) is 29.8 Å². The Kier molecular flexibility index (Phi) is 6.31. The Morgan fingerprint density at radius 2 is 2.00 bits per heavy atom. The number of nitrogens with zero attached hydrogens (tertiary/aromatic N) is 2. The van der Waals surface area contributed by atoms with Crippen molar-refractivity contribution in [2.45, 2.75) is 25.3 Å². The van der Waals surface area contributed by atoms with E-state index in [1.165, 1.54) is 6.26 Å². The summed E-state index contributed by atoms with van der Waals surface area (Å²) in [6.45, 7) is 2.14. The number of rotatable bonds is 6. The topological polar surface area (TPSA) is 102 Å². The molecule has 0 aromatic heterocycles. The lowest BCUT2D eigenvalue weighted by atomic mass is 10.1. The van der Waals surface area contributed by atoms with Gasteiger partial charge in [0.15, 0.2) is 0 Å². The lowest BCUT2D eigenvalue weighted by Gasteiger charge is -2.31. The highest BCUT2D eigenvalue weighted by Gasteiger charge is 2.21. The summed E-state index contributed by atoms with van der Waals surface area (Å²) in [5, 5.41) is 11.8. The van der Waals surface area contributed by atoms with Crippen LogP contribution in [0.5, 0.6) is 0 Å². The summed E-state index contributed by atoms with van der Waals surface area (Å²) in [5.74, 6) is -0.130. The third-order valence-electron chi connectivity index (χ3n) is 3.95. The number of nitriles is 1. The molecule has 8 heteroatoms. The minimum absolute atomic E-state index is 0.0208. The zero-order chi connectivity index (χ0) is 17.6. The van der Waals surface area contributed by atoms with Gasteiger partial charge in [-0.2, -0.15) is 5.26 Å². The first-order valence-corrected chi connectivity index (χ1v) is 9.75. The predicted octanol–water partition coefficient (Wildman–Crippen LogP) is 0.900. The summed E-state index contributed by atoms with van der Waals surface area (Å²) >= 11 is 0. The number of amides is 1. The van der Waals surface area contributed by atoms with Crippen LogP contribution in [0.4, 0.5) is 5.69 Å². The van der Waals surface area contributed by atoms with Crippen LogP contribution in [0, 0.1) is 11.3 Å². The van der Waals surface area contributed by atoms with Gasteiger partial charge in [0.2, 0.25) is 15.9 Å². The summed E-state index contributed by atoms with van der Waals surface area (Å²) in [4.78, 5) is 14.2. The number of benzene rings is 1. The van der Waals surface area contributed by atoms with Crippen LogP contribution >= 0.6 is 0 Å². The molecule has 1 fully saturated rings. The molecule has 1 aliphatic rings. The van der Waals surface area contributed by atoms with Crippen LogP contribution in [-0.4, -0.2) is 51.2 Å². The van der Waals surface area contributed by atoms with Crippen molar-refractivity contribution in [2.75, 3.05) is 31.2 Å². The maximum atomic E-state index is 12.0. The Morgan fingerprint density at radius 3 is 2.62 bits per heavy atom. The number of anilines is 1. The molecular formula is C16H22N4O3S. The van der Waals surface area contributed by atoms with Crippen LogP contribution in [0.25, 0.3) is 0 Å². The molecule has 0 bridgehead atoms. The number of nitrogens with one attached hydrogen (secondary N) is 2. The average Bonchev–Trinajstić information content (AvgIpc) is 2.53. The van der Waals surface area contributed by atoms with Gasteiger partial charge < -0.3 is 10.2 Å². The van der Waals surface area contributed by atoms with Crippen LogP contribution in [0.15, 0.2) is 24.3 Å². The lowest BCUT2D eigenvalue weighted by molar-refractivity contribution is -0.116. The van der Waals surface area contributed by atoms with E-state index >= 15 is 0 Å². The minimum Gasteiger partial charge on any atom is -0.325 e. The Hall–Kier alpha value is -1.95. The van der Waals surface area contributed by atoms with Crippen LogP contribution in [0.2, 0.25) is 0 Å². The van der Waals surface area contributed by atoms with Gasteiger partial charge in [0.05, 0.1) is 17.5 Å². The molecule has 1 aromatic rings. The number of para-hydroxylation sites is 1. The number of piperidine rings is 1. The smallest absolute Gasteiger partial charge is 0.225 e. The van der Waals surface area contributed by atoms with E-state index in [-0.39, 0.29) is 11.9 Å². The van der Waals surface area contributed by atoms with E-state index in [1.54, 1.807) is 24.3 Å². The third kappa shape index (κ3) is 5.92. The highest BCUT2D eigenvalue weighted by molar-refractivity contribution is 7.88. The van der Waals surface area contributed by atoms with Gasteiger partial charge in [0.1, 0.15) is 6.07 Å². The van der Waals surface area contributed by atoms with Crippen molar-refractivity contribution in [3.8, 4) is 6.07 Å². The van der Waals surface area contributed by atoms with Gasteiger partial charge in [-0.25, -0.2) is 13.1 Å². The van der Waals surface area contributed by atoms with Crippen molar-refractivity contribution in [3.63, 3.8) is 0 Å². The first kappa shape index (κ1) is 18.4. The van der Waals surface area contributed by atoms with Crippen LogP contribution in [0.1, 0.15) is 24.8 Å². The fraction of sp³-hybridized carbons (Fsp3) is 0.500. The number of likely N-dealkylation sites (tertiary alicyclic amines) is 1. The number of carbonyl (C=O) groups excluding carboxylic acids is 1. The summed E-state index contributed by atoms with van der Waals surface area (Å²) in [6, 6.07) is 8.92.